The quantitative estimate of drug-likeness (QED) is 0.683. The molecule has 6 nitrogen and oxygen atoms in total. The van der Waals surface area contributed by atoms with E-state index in [0.29, 0.717) is 33.7 Å². The summed E-state index contributed by atoms with van der Waals surface area (Å²) < 4.78 is 30.1. The third-order valence-electron chi connectivity index (χ3n) is 4.99. The van der Waals surface area contributed by atoms with Gasteiger partial charge in [0.25, 0.3) is 0 Å². The number of benzene rings is 1. The minimum atomic E-state index is -2.95. The Morgan fingerprint density at radius 1 is 1.45 bits per heavy atom. The Kier molecular flexibility index (Phi) is 7.11. The molecule has 0 saturated carbocycles. The van der Waals surface area contributed by atoms with Crippen molar-refractivity contribution in [2.45, 2.75) is 31.9 Å². The molecule has 2 N–H and O–H groups in total. The predicted octanol–water partition coefficient (Wildman–Crippen LogP) is 4.46. The third kappa shape index (κ3) is 5.26. The van der Waals surface area contributed by atoms with Gasteiger partial charge in [0.2, 0.25) is 0 Å². The highest BCUT2D eigenvalue weighted by molar-refractivity contribution is 7.19. The van der Waals surface area contributed by atoms with Gasteiger partial charge in [0.15, 0.2) is 5.13 Å². The first-order valence-corrected chi connectivity index (χ1v) is 10.4. The number of ether oxygens (including phenoxy) is 1. The van der Waals surface area contributed by atoms with Gasteiger partial charge in [-0.1, -0.05) is 22.9 Å². The number of halogens is 3. The highest BCUT2D eigenvalue weighted by Crippen LogP contribution is 2.41. The van der Waals surface area contributed by atoms with Gasteiger partial charge in [-0.3, -0.25) is 0 Å². The maximum atomic E-state index is 12.8. The molecule has 0 spiro atoms. The standard InChI is InChI=1S/C19H22ClF2N5OS/c1-26(8-2-7-23)13-5-9-27(10-6-13)19-25-16(17(24)29-19)14-11-12(20)3-4-15(14)28-18(21)22/h3-4,11,13,18H,2,5-6,8-10,24H2,1H3. The first-order valence-electron chi connectivity index (χ1n) is 9.22. The lowest BCUT2D eigenvalue weighted by Crippen LogP contribution is -2.43. The van der Waals surface area contributed by atoms with Crippen LogP contribution < -0.4 is 15.4 Å². The van der Waals surface area contributed by atoms with Gasteiger partial charge in [-0.15, -0.1) is 0 Å². The molecule has 1 aliphatic rings. The lowest BCUT2D eigenvalue weighted by molar-refractivity contribution is -0.0494. The molecule has 1 aromatic heterocycles. The van der Waals surface area contributed by atoms with Crippen LogP contribution >= 0.6 is 22.9 Å². The normalized spacial score (nSPS) is 15.1. The Labute approximate surface area is 177 Å². The van der Waals surface area contributed by atoms with E-state index in [0.717, 1.165) is 37.6 Å². The Balaban J connectivity index is 1.75. The van der Waals surface area contributed by atoms with Gasteiger partial charge >= 0.3 is 6.61 Å². The molecule has 0 aliphatic carbocycles. The fourth-order valence-electron chi connectivity index (χ4n) is 3.44. The second-order valence-electron chi connectivity index (χ2n) is 6.84. The summed E-state index contributed by atoms with van der Waals surface area (Å²) in [4.78, 5) is 8.99. The fourth-order valence-corrected chi connectivity index (χ4v) is 4.51. The van der Waals surface area contributed by atoms with Crippen molar-refractivity contribution in [3.05, 3.63) is 23.2 Å². The molecule has 1 fully saturated rings. The Hall–Kier alpha value is -2.15. The minimum Gasteiger partial charge on any atom is -0.434 e. The summed E-state index contributed by atoms with van der Waals surface area (Å²) in [6.45, 7) is -0.573. The van der Waals surface area contributed by atoms with Crippen LogP contribution in [0.4, 0.5) is 18.9 Å². The number of rotatable bonds is 7. The summed E-state index contributed by atoms with van der Waals surface area (Å²) in [5, 5.41) is 10.3. The zero-order valence-corrected chi connectivity index (χ0v) is 17.5. The first-order chi connectivity index (χ1) is 13.9. The summed E-state index contributed by atoms with van der Waals surface area (Å²) in [6, 6.07) is 7.01. The van der Waals surface area contributed by atoms with Gasteiger partial charge in [-0.2, -0.15) is 14.0 Å². The Morgan fingerprint density at radius 2 is 2.17 bits per heavy atom. The minimum absolute atomic E-state index is 0.00854. The van der Waals surface area contributed by atoms with E-state index in [9.17, 15) is 8.78 Å². The van der Waals surface area contributed by atoms with E-state index in [4.69, 9.17) is 22.6 Å². The predicted molar refractivity (Wildman–Crippen MR) is 112 cm³/mol. The lowest BCUT2D eigenvalue weighted by Gasteiger charge is -2.36. The van der Waals surface area contributed by atoms with E-state index in [1.807, 2.05) is 7.05 Å². The van der Waals surface area contributed by atoms with Gasteiger partial charge in [-0.05, 0) is 38.1 Å². The monoisotopic (exact) mass is 441 g/mol. The molecule has 10 heteroatoms. The first kappa shape index (κ1) is 21.6. The average molecular weight is 442 g/mol. The van der Waals surface area contributed by atoms with Crippen LogP contribution in [0.15, 0.2) is 18.2 Å². The smallest absolute Gasteiger partial charge is 0.387 e. The molecule has 1 aliphatic heterocycles. The van der Waals surface area contributed by atoms with Gasteiger partial charge in [0, 0.05) is 42.7 Å². The number of alkyl halides is 2. The van der Waals surface area contributed by atoms with Crippen LogP contribution in [0.5, 0.6) is 5.75 Å². The molecule has 2 aromatic rings. The lowest BCUT2D eigenvalue weighted by atomic mass is 10.0. The van der Waals surface area contributed by atoms with Crippen LogP contribution in [-0.2, 0) is 0 Å². The van der Waals surface area contributed by atoms with Crippen LogP contribution in [-0.4, -0.2) is 49.2 Å². The molecule has 0 amide bonds. The van der Waals surface area contributed by atoms with E-state index in [1.165, 1.54) is 29.5 Å². The van der Waals surface area contributed by atoms with Crippen LogP contribution in [0.2, 0.25) is 5.02 Å². The maximum absolute atomic E-state index is 12.8. The number of piperidine rings is 1. The molecule has 1 aromatic carbocycles. The largest absolute Gasteiger partial charge is 0.434 e. The molecule has 29 heavy (non-hydrogen) atoms. The fraction of sp³-hybridized carbons (Fsp3) is 0.474. The van der Waals surface area contributed by atoms with Crippen LogP contribution in [0.3, 0.4) is 0 Å². The Morgan fingerprint density at radius 3 is 2.83 bits per heavy atom. The molecule has 156 valence electrons. The Bertz CT molecular complexity index is 880. The van der Waals surface area contributed by atoms with Gasteiger partial charge in [-0.25, -0.2) is 4.98 Å². The van der Waals surface area contributed by atoms with Gasteiger partial charge in [0.1, 0.15) is 16.4 Å². The van der Waals surface area contributed by atoms with Gasteiger partial charge < -0.3 is 20.3 Å². The van der Waals surface area contributed by atoms with E-state index < -0.39 is 6.61 Å². The zero-order valence-electron chi connectivity index (χ0n) is 15.9. The van der Waals surface area contributed by atoms with E-state index in [-0.39, 0.29) is 5.75 Å². The molecule has 0 bridgehead atoms. The van der Waals surface area contributed by atoms with Crippen molar-refractivity contribution >= 4 is 33.1 Å². The van der Waals surface area contributed by atoms with Crippen molar-refractivity contribution in [2.24, 2.45) is 0 Å². The van der Waals surface area contributed by atoms with Crippen LogP contribution in [0.25, 0.3) is 11.3 Å². The average Bonchev–Trinajstić information content (AvgIpc) is 3.08. The van der Waals surface area contributed by atoms with Crippen molar-refractivity contribution in [1.29, 1.82) is 5.26 Å². The van der Waals surface area contributed by atoms with E-state index in [1.54, 1.807) is 0 Å². The summed E-state index contributed by atoms with van der Waals surface area (Å²) in [6.07, 6.45) is 2.42. The maximum Gasteiger partial charge on any atom is 0.387 e. The molecular weight excluding hydrogens is 420 g/mol. The van der Waals surface area contributed by atoms with E-state index >= 15 is 0 Å². The molecule has 1 saturated heterocycles. The van der Waals surface area contributed by atoms with Crippen molar-refractivity contribution in [2.75, 3.05) is 37.3 Å². The molecular formula is C19H22ClF2N5OS. The molecule has 0 atom stereocenters. The molecule has 0 radical (unpaired) electrons. The van der Waals surface area contributed by atoms with Crippen LogP contribution in [0, 0.1) is 11.3 Å². The topological polar surface area (TPSA) is 78.4 Å². The second-order valence-corrected chi connectivity index (χ2v) is 8.28. The van der Waals surface area contributed by atoms with E-state index in [2.05, 4.69) is 25.6 Å². The van der Waals surface area contributed by atoms with Crippen molar-refractivity contribution in [1.82, 2.24) is 9.88 Å². The molecule has 0 unspecified atom stereocenters. The number of thiazole rings is 1. The summed E-state index contributed by atoms with van der Waals surface area (Å²) in [5.74, 6) is -0.00854. The number of nitriles is 1. The number of aromatic nitrogens is 1. The summed E-state index contributed by atoms with van der Waals surface area (Å²) >= 11 is 7.37. The number of hydrogen-bond donors (Lipinski definition) is 1. The van der Waals surface area contributed by atoms with Crippen molar-refractivity contribution in [3.63, 3.8) is 0 Å². The SMILES string of the molecule is CN(CCC#N)C1CCN(c2nc(-c3cc(Cl)ccc3OC(F)F)c(N)s2)CC1. The zero-order chi connectivity index (χ0) is 21.0. The highest BCUT2D eigenvalue weighted by Gasteiger charge is 2.26. The second kappa shape index (κ2) is 9.57. The summed E-state index contributed by atoms with van der Waals surface area (Å²) in [5.41, 5.74) is 6.91. The number of hydrogen-bond acceptors (Lipinski definition) is 7. The molecule has 2 heterocycles. The highest BCUT2D eigenvalue weighted by atomic mass is 35.5. The van der Waals surface area contributed by atoms with Crippen LogP contribution in [0.1, 0.15) is 19.3 Å². The third-order valence-corrected chi connectivity index (χ3v) is 6.17. The number of anilines is 2. The summed E-state index contributed by atoms with van der Waals surface area (Å²) in [7, 11) is 2.04. The van der Waals surface area contributed by atoms with Crippen molar-refractivity contribution in [3.8, 4) is 23.1 Å². The number of nitrogens with zero attached hydrogens (tertiary/aromatic N) is 4. The van der Waals surface area contributed by atoms with Crippen molar-refractivity contribution < 1.29 is 13.5 Å². The number of nitrogen functional groups attached to an aromatic ring is 1. The molecule has 3 rings (SSSR count). The number of nitrogens with two attached hydrogens (primary N) is 1. The van der Waals surface area contributed by atoms with Gasteiger partial charge in [0.05, 0.1) is 6.07 Å².